The van der Waals surface area contributed by atoms with Crippen molar-refractivity contribution in [1.29, 1.82) is 0 Å². The van der Waals surface area contributed by atoms with Crippen molar-refractivity contribution in [2.45, 2.75) is 70.5 Å². The van der Waals surface area contributed by atoms with E-state index in [9.17, 15) is 19.5 Å². The number of urea groups is 1. The first-order valence-electron chi connectivity index (χ1n) is 13.9. The third kappa shape index (κ3) is 13.6. The number of hydrogen-bond donors (Lipinski definition) is 5. The number of aromatic carboxylic acids is 1. The van der Waals surface area contributed by atoms with E-state index in [1.165, 1.54) is 18.2 Å². The molecular formula is C31H45N3O5S. The molecule has 0 unspecified atom stereocenters. The normalized spacial score (nSPS) is 12.1. The highest BCUT2D eigenvalue weighted by Gasteiger charge is 2.34. The average Bonchev–Trinajstić information content (AvgIpc) is 2.94. The molecule has 0 heterocycles. The van der Waals surface area contributed by atoms with Gasteiger partial charge in [-0.1, -0.05) is 69.4 Å². The quantitative estimate of drug-likeness (QED) is 0.0705. The maximum Gasteiger partial charge on any atom is 0.339 e. The number of allylic oxidation sites excluding steroid dienone is 8. The number of carboxylic acid groups (broad SMARTS) is 1. The summed E-state index contributed by atoms with van der Waals surface area (Å²) in [5.41, 5.74) is -0.0719. The fourth-order valence-corrected chi connectivity index (χ4v) is 4.99. The Balaban J connectivity index is 2.35. The molecule has 5 N–H and O–H groups in total. The number of carboxylic acids is 1. The second kappa shape index (κ2) is 20.4. The lowest BCUT2D eigenvalue weighted by atomic mass is 10.0. The van der Waals surface area contributed by atoms with Crippen LogP contribution in [0.25, 0.3) is 0 Å². The molecule has 9 heteroatoms. The van der Waals surface area contributed by atoms with E-state index < -0.39 is 16.7 Å². The van der Waals surface area contributed by atoms with E-state index in [1.54, 1.807) is 11.8 Å². The fourth-order valence-electron chi connectivity index (χ4n) is 3.73. The van der Waals surface area contributed by atoms with Crippen molar-refractivity contribution in [3.8, 4) is 5.75 Å². The Bertz CT molecular complexity index is 1050. The van der Waals surface area contributed by atoms with Gasteiger partial charge in [0.15, 0.2) is 0 Å². The SMILES string of the molecule is CC/C=C\C/C=C\C/C=C\C/C=C\CCSC(CC)(CC)C(=O)NCCNC(=O)Nc1ccc(O)c(C(=O)O)c1. The van der Waals surface area contributed by atoms with Crippen molar-refractivity contribution in [2.75, 3.05) is 24.2 Å². The number of thioether (sulfide) groups is 1. The van der Waals surface area contributed by atoms with Gasteiger partial charge in [-0.25, -0.2) is 9.59 Å². The average molecular weight is 572 g/mol. The Morgan fingerprint density at radius 1 is 0.850 bits per heavy atom. The molecule has 0 saturated heterocycles. The van der Waals surface area contributed by atoms with Gasteiger partial charge in [-0.3, -0.25) is 4.79 Å². The summed E-state index contributed by atoms with van der Waals surface area (Å²) in [6.45, 7) is 6.63. The first-order chi connectivity index (χ1) is 19.3. The first-order valence-corrected chi connectivity index (χ1v) is 14.9. The van der Waals surface area contributed by atoms with Crippen molar-refractivity contribution in [2.24, 2.45) is 0 Å². The number of benzene rings is 1. The van der Waals surface area contributed by atoms with Crippen LogP contribution in [0.1, 0.15) is 76.1 Å². The van der Waals surface area contributed by atoms with E-state index in [-0.39, 0.29) is 36.0 Å². The second-order valence-corrected chi connectivity index (χ2v) is 10.5. The van der Waals surface area contributed by atoms with Crippen molar-refractivity contribution in [3.05, 3.63) is 72.4 Å². The smallest absolute Gasteiger partial charge is 0.339 e. The van der Waals surface area contributed by atoms with Crippen LogP contribution in [0, 0.1) is 0 Å². The lowest BCUT2D eigenvalue weighted by Crippen LogP contribution is -2.46. The molecule has 8 nitrogen and oxygen atoms in total. The Morgan fingerprint density at radius 2 is 1.43 bits per heavy atom. The molecule has 0 aliphatic rings. The molecule has 0 fully saturated rings. The van der Waals surface area contributed by atoms with E-state index >= 15 is 0 Å². The zero-order valence-electron chi connectivity index (χ0n) is 23.9. The number of aromatic hydroxyl groups is 1. The van der Waals surface area contributed by atoms with E-state index in [1.807, 2.05) is 13.8 Å². The number of hydrogen-bond acceptors (Lipinski definition) is 5. The summed E-state index contributed by atoms with van der Waals surface area (Å²) in [6.07, 6.45) is 23.6. The zero-order chi connectivity index (χ0) is 29.6. The first kappa shape index (κ1) is 34.6. The molecular weight excluding hydrogens is 526 g/mol. The van der Waals surface area contributed by atoms with Gasteiger partial charge >= 0.3 is 12.0 Å². The minimum absolute atomic E-state index is 0.0421. The summed E-state index contributed by atoms with van der Waals surface area (Å²) in [4.78, 5) is 36.2. The van der Waals surface area contributed by atoms with Gasteiger partial charge in [-0.05, 0) is 68.9 Å². The Labute approximate surface area is 243 Å². The molecule has 0 atom stereocenters. The minimum Gasteiger partial charge on any atom is -0.507 e. The van der Waals surface area contributed by atoms with E-state index in [0.717, 1.165) is 37.9 Å². The summed E-state index contributed by atoms with van der Waals surface area (Å²) in [5, 5.41) is 26.7. The largest absolute Gasteiger partial charge is 0.507 e. The molecule has 40 heavy (non-hydrogen) atoms. The van der Waals surface area contributed by atoms with Gasteiger partial charge in [0.25, 0.3) is 0 Å². The van der Waals surface area contributed by atoms with E-state index in [2.05, 4.69) is 71.5 Å². The van der Waals surface area contributed by atoms with Gasteiger partial charge < -0.3 is 26.2 Å². The molecule has 0 spiro atoms. The molecule has 0 saturated carbocycles. The molecule has 0 bridgehead atoms. The number of anilines is 1. The molecule has 0 aromatic heterocycles. The number of amides is 3. The van der Waals surface area contributed by atoms with Crippen LogP contribution in [0.3, 0.4) is 0 Å². The van der Waals surface area contributed by atoms with Crippen LogP contribution in [-0.2, 0) is 4.79 Å². The molecule has 0 aliphatic heterocycles. The molecule has 1 aromatic rings. The summed E-state index contributed by atoms with van der Waals surface area (Å²) in [7, 11) is 0. The van der Waals surface area contributed by atoms with Crippen molar-refractivity contribution < 1.29 is 24.6 Å². The van der Waals surface area contributed by atoms with Gasteiger partial charge in [0.05, 0.1) is 4.75 Å². The van der Waals surface area contributed by atoms with Crippen LogP contribution in [-0.4, -0.2) is 51.7 Å². The lowest BCUT2D eigenvalue weighted by Gasteiger charge is -2.29. The monoisotopic (exact) mass is 571 g/mol. The maximum absolute atomic E-state index is 13.0. The molecule has 0 aliphatic carbocycles. The zero-order valence-corrected chi connectivity index (χ0v) is 24.8. The highest BCUT2D eigenvalue weighted by Crippen LogP contribution is 2.33. The molecule has 1 aromatic carbocycles. The van der Waals surface area contributed by atoms with Crippen LogP contribution in [0.4, 0.5) is 10.5 Å². The third-order valence-electron chi connectivity index (χ3n) is 6.12. The summed E-state index contributed by atoms with van der Waals surface area (Å²) in [5.74, 6) is -0.877. The van der Waals surface area contributed by atoms with Gasteiger partial charge in [0.1, 0.15) is 11.3 Å². The van der Waals surface area contributed by atoms with Crippen molar-refractivity contribution in [3.63, 3.8) is 0 Å². The number of phenols is 1. The number of carbonyl (C=O) groups excluding carboxylic acids is 2. The number of carbonyl (C=O) groups is 3. The Morgan fingerprint density at radius 3 is 2.00 bits per heavy atom. The Kier molecular flexibility index (Phi) is 17.7. The summed E-state index contributed by atoms with van der Waals surface area (Å²) < 4.78 is -0.520. The Hall–Kier alpha value is -3.46. The van der Waals surface area contributed by atoms with Gasteiger partial charge in [0.2, 0.25) is 5.91 Å². The topological polar surface area (TPSA) is 128 Å². The van der Waals surface area contributed by atoms with Crippen LogP contribution < -0.4 is 16.0 Å². The summed E-state index contributed by atoms with van der Waals surface area (Å²) in [6, 6.07) is 3.23. The highest BCUT2D eigenvalue weighted by atomic mass is 32.2. The molecule has 1 rings (SSSR count). The standard InChI is InChI=1S/C31H45N3O5S/c1-4-7-8-9-10-11-12-13-14-15-16-17-18-23-40-31(5-2,6-3)29(38)32-21-22-33-30(39)34-25-19-20-27(35)26(24-25)28(36)37/h7-8,10-11,13-14,16-17,19-20,24,35H,4-6,9,12,15,18,21-23H2,1-3H3,(H,32,38)(H,36,37)(H2,33,34,39)/b8-7-,11-10-,14-13-,17-16-. The predicted molar refractivity (Wildman–Crippen MR) is 166 cm³/mol. The number of nitrogens with one attached hydrogen (secondary N) is 3. The minimum atomic E-state index is -1.30. The van der Waals surface area contributed by atoms with Gasteiger partial charge in [-0.2, -0.15) is 0 Å². The second-order valence-electron chi connectivity index (χ2n) is 9.01. The predicted octanol–water partition coefficient (Wildman–Crippen LogP) is 6.82. The summed E-state index contributed by atoms with van der Waals surface area (Å²) >= 11 is 1.67. The lowest BCUT2D eigenvalue weighted by molar-refractivity contribution is -0.123. The van der Waals surface area contributed by atoms with Gasteiger partial charge in [0, 0.05) is 18.8 Å². The highest BCUT2D eigenvalue weighted by molar-refractivity contribution is 8.01. The van der Waals surface area contributed by atoms with Crippen molar-refractivity contribution >= 4 is 35.4 Å². The van der Waals surface area contributed by atoms with Crippen molar-refractivity contribution in [1.82, 2.24) is 10.6 Å². The van der Waals surface area contributed by atoms with Crippen LogP contribution in [0.15, 0.2) is 66.8 Å². The van der Waals surface area contributed by atoms with Crippen LogP contribution in [0.2, 0.25) is 0 Å². The third-order valence-corrected chi connectivity index (χ3v) is 7.87. The molecule has 220 valence electrons. The van der Waals surface area contributed by atoms with Crippen LogP contribution in [0.5, 0.6) is 5.75 Å². The molecule has 0 radical (unpaired) electrons. The van der Waals surface area contributed by atoms with E-state index in [0.29, 0.717) is 12.8 Å². The van der Waals surface area contributed by atoms with Gasteiger partial charge in [-0.15, -0.1) is 11.8 Å². The fraction of sp³-hybridized carbons (Fsp3) is 0.452. The van der Waals surface area contributed by atoms with E-state index in [4.69, 9.17) is 5.11 Å². The molecule has 3 amide bonds. The maximum atomic E-state index is 13.0. The van der Waals surface area contributed by atoms with Crippen LogP contribution >= 0.6 is 11.8 Å². The number of rotatable bonds is 19.